The van der Waals surface area contributed by atoms with Crippen LogP contribution in [0.25, 0.3) is 10.9 Å². The average molecular weight is 453 g/mol. The van der Waals surface area contributed by atoms with Crippen LogP contribution in [0.5, 0.6) is 0 Å². The lowest BCUT2D eigenvalue weighted by molar-refractivity contribution is 0.0317. The van der Waals surface area contributed by atoms with Gasteiger partial charge in [-0.3, -0.25) is 14.8 Å². The van der Waals surface area contributed by atoms with Gasteiger partial charge in [0, 0.05) is 75.2 Å². The van der Waals surface area contributed by atoms with Crippen LogP contribution in [0.1, 0.15) is 29.2 Å². The summed E-state index contributed by atoms with van der Waals surface area (Å²) in [7, 11) is 0. The van der Waals surface area contributed by atoms with Crippen molar-refractivity contribution in [1.29, 1.82) is 5.26 Å². The van der Waals surface area contributed by atoms with Gasteiger partial charge >= 0.3 is 0 Å². The van der Waals surface area contributed by atoms with Crippen LogP contribution >= 0.6 is 0 Å². The molecule has 1 aromatic heterocycles. The van der Waals surface area contributed by atoms with Gasteiger partial charge in [0.05, 0.1) is 11.1 Å². The lowest BCUT2D eigenvalue weighted by Gasteiger charge is -2.51. The summed E-state index contributed by atoms with van der Waals surface area (Å²) in [6.07, 6.45) is 2.92. The number of nitrogens with zero attached hydrogens (tertiary/aromatic N) is 5. The summed E-state index contributed by atoms with van der Waals surface area (Å²) >= 11 is 0. The molecular formula is C28H32N6. The van der Waals surface area contributed by atoms with Crippen molar-refractivity contribution < 1.29 is 0 Å². The van der Waals surface area contributed by atoms with E-state index in [2.05, 4.69) is 68.3 Å². The number of benzene rings is 2. The molecule has 0 aliphatic carbocycles. The summed E-state index contributed by atoms with van der Waals surface area (Å²) in [5.74, 6) is 0. The number of anilines is 1. The Morgan fingerprint density at radius 2 is 2.03 bits per heavy atom. The Hall–Kier alpha value is -2.98. The predicted molar refractivity (Wildman–Crippen MR) is 136 cm³/mol. The molecule has 0 bridgehead atoms. The number of pyridine rings is 1. The minimum atomic E-state index is 0.498. The highest BCUT2D eigenvalue weighted by Crippen LogP contribution is 2.32. The topological polar surface area (TPSA) is 58.4 Å². The summed E-state index contributed by atoms with van der Waals surface area (Å²) in [5.41, 5.74) is 7.07. The molecule has 6 heteroatoms. The minimum absolute atomic E-state index is 0.498. The highest BCUT2D eigenvalue weighted by Gasteiger charge is 2.36. The van der Waals surface area contributed by atoms with Crippen LogP contribution in [0.4, 0.5) is 5.69 Å². The molecule has 3 aliphatic rings. The second-order valence-corrected chi connectivity index (χ2v) is 10.1. The van der Waals surface area contributed by atoms with E-state index in [0.717, 1.165) is 69.7 Å². The fourth-order valence-electron chi connectivity index (χ4n) is 6.18. The molecule has 174 valence electrons. The third-order valence-corrected chi connectivity index (χ3v) is 7.87. The van der Waals surface area contributed by atoms with Gasteiger partial charge in [0.25, 0.3) is 0 Å². The molecule has 3 aromatic rings. The van der Waals surface area contributed by atoms with E-state index in [0.29, 0.717) is 17.6 Å². The van der Waals surface area contributed by atoms with Crippen molar-refractivity contribution in [2.75, 3.05) is 44.2 Å². The zero-order valence-corrected chi connectivity index (χ0v) is 19.9. The Bertz CT molecular complexity index is 1250. The Balaban J connectivity index is 1.21. The molecule has 0 unspecified atom stereocenters. The standard InChI is InChI=1S/C28H32N6/c1-20-16-33(27-7-6-23(14-29)28-26(27)3-2-9-31-28)19-25-18-32(11-12-34(20)25)17-21-4-5-22-8-10-30-15-24(22)13-21/h2-7,9,13,20,25,30H,8,10-12,15-19H2,1H3/t20-,25-/m0/s1. The monoisotopic (exact) mass is 452 g/mol. The zero-order chi connectivity index (χ0) is 23.1. The SMILES string of the molecule is C[C@H]1CN(c2ccc(C#N)c3ncccc23)C[C@@H]2CN(Cc3ccc4c(c3)CNCC4)CCN21. The Morgan fingerprint density at radius 1 is 1.09 bits per heavy atom. The van der Waals surface area contributed by atoms with Gasteiger partial charge in [-0.05, 0) is 60.8 Å². The van der Waals surface area contributed by atoms with Gasteiger partial charge in [-0.2, -0.15) is 5.26 Å². The molecule has 0 amide bonds. The maximum Gasteiger partial charge on any atom is 0.101 e. The van der Waals surface area contributed by atoms with Crippen LogP contribution in [-0.2, 0) is 19.5 Å². The van der Waals surface area contributed by atoms with Crippen LogP contribution < -0.4 is 10.2 Å². The molecule has 1 N–H and O–H groups in total. The van der Waals surface area contributed by atoms with Crippen LogP contribution in [0, 0.1) is 11.3 Å². The molecule has 2 saturated heterocycles. The van der Waals surface area contributed by atoms with E-state index in [1.165, 1.54) is 22.4 Å². The predicted octanol–water partition coefficient (Wildman–Crippen LogP) is 3.15. The van der Waals surface area contributed by atoms with Crippen LogP contribution in [0.15, 0.2) is 48.7 Å². The Labute approximate surface area is 201 Å². The fraction of sp³-hybridized carbons (Fsp3) is 0.429. The molecule has 0 saturated carbocycles. The molecular weight excluding hydrogens is 420 g/mol. The third-order valence-electron chi connectivity index (χ3n) is 7.87. The van der Waals surface area contributed by atoms with Gasteiger partial charge in [-0.1, -0.05) is 18.2 Å². The largest absolute Gasteiger partial charge is 0.368 e. The molecule has 2 fully saturated rings. The number of fused-ring (bicyclic) bond motifs is 3. The van der Waals surface area contributed by atoms with Crippen LogP contribution in [0.2, 0.25) is 0 Å². The van der Waals surface area contributed by atoms with E-state index in [-0.39, 0.29) is 0 Å². The van der Waals surface area contributed by atoms with Gasteiger partial charge < -0.3 is 10.2 Å². The van der Waals surface area contributed by atoms with Crippen molar-refractivity contribution in [3.8, 4) is 6.07 Å². The summed E-state index contributed by atoms with van der Waals surface area (Å²) in [6, 6.07) is 18.5. The lowest BCUT2D eigenvalue weighted by atomic mass is 9.97. The number of aromatic nitrogens is 1. The third kappa shape index (κ3) is 3.94. The molecule has 3 aliphatic heterocycles. The first kappa shape index (κ1) is 21.5. The summed E-state index contributed by atoms with van der Waals surface area (Å²) in [6.45, 7) is 10.8. The van der Waals surface area contributed by atoms with E-state index in [4.69, 9.17) is 0 Å². The maximum atomic E-state index is 9.53. The minimum Gasteiger partial charge on any atom is -0.368 e. The van der Waals surface area contributed by atoms with E-state index in [1.54, 1.807) is 6.20 Å². The van der Waals surface area contributed by atoms with Crippen molar-refractivity contribution in [3.63, 3.8) is 0 Å². The highest BCUT2D eigenvalue weighted by atomic mass is 15.4. The van der Waals surface area contributed by atoms with Gasteiger partial charge in [0.1, 0.15) is 6.07 Å². The zero-order valence-electron chi connectivity index (χ0n) is 19.9. The number of nitrogens with one attached hydrogen (secondary N) is 1. The van der Waals surface area contributed by atoms with E-state index in [1.807, 2.05) is 12.1 Å². The molecule has 2 aromatic carbocycles. The smallest absolute Gasteiger partial charge is 0.101 e. The first-order chi connectivity index (χ1) is 16.7. The first-order valence-electron chi connectivity index (χ1n) is 12.5. The van der Waals surface area contributed by atoms with Crippen LogP contribution in [-0.4, -0.2) is 66.1 Å². The Kier molecular flexibility index (Phi) is 5.70. The van der Waals surface area contributed by atoms with Crippen molar-refractivity contribution in [2.45, 2.75) is 38.5 Å². The van der Waals surface area contributed by atoms with Crippen molar-refractivity contribution in [1.82, 2.24) is 20.1 Å². The molecule has 0 radical (unpaired) electrons. The summed E-state index contributed by atoms with van der Waals surface area (Å²) in [5, 5.41) is 14.1. The van der Waals surface area contributed by atoms with Crippen molar-refractivity contribution in [2.24, 2.45) is 0 Å². The molecule has 2 atom stereocenters. The molecule has 0 spiro atoms. The molecule has 4 heterocycles. The van der Waals surface area contributed by atoms with Gasteiger partial charge in [-0.15, -0.1) is 0 Å². The van der Waals surface area contributed by atoms with Crippen LogP contribution in [0.3, 0.4) is 0 Å². The number of hydrogen-bond acceptors (Lipinski definition) is 6. The molecule has 6 nitrogen and oxygen atoms in total. The highest BCUT2D eigenvalue weighted by molar-refractivity contribution is 5.95. The number of rotatable bonds is 3. The van der Waals surface area contributed by atoms with Gasteiger partial charge in [-0.25, -0.2) is 0 Å². The van der Waals surface area contributed by atoms with Crippen molar-refractivity contribution in [3.05, 3.63) is 70.9 Å². The maximum absolute atomic E-state index is 9.53. The summed E-state index contributed by atoms with van der Waals surface area (Å²) in [4.78, 5) is 12.4. The van der Waals surface area contributed by atoms with E-state index < -0.39 is 0 Å². The first-order valence-corrected chi connectivity index (χ1v) is 12.5. The van der Waals surface area contributed by atoms with E-state index in [9.17, 15) is 5.26 Å². The Morgan fingerprint density at radius 3 is 2.94 bits per heavy atom. The van der Waals surface area contributed by atoms with Gasteiger partial charge in [0.15, 0.2) is 0 Å². The number of hydrogen-bond donors (Lipinski definition) is 1. The molecule has 6 rings (SSSR count). The van der Waals surface area contributed by atoms with Crippen molar-refractivity contribution >= 4 is 16.6 Å². The lowest BCUT2D eigenvalue weighted by Crippen LogP contribution is -2.65. The van der Waals surface area contributed by atoms with Gasteiger partial charge in [0.2, 0.25) is 0 Å². The second kappa shape index (κ2) is 8.99. The quantitative estimate of drug-likeness (QED) is 0.659. The second-order valence-electron chi connectivity index (χ2n) is 10.1. The summed E-state index contributed by atoms with van der Waals surface area (Å²) < 4.78 is 0. The normalized spacial score (nSPS) is 23.4. The average Bonchev–Trinajstić information content (AvgIpc) is 2.87. The number of piperazine rings is 2. The fourth-order valence-corrected chi connectivity index (χ4v) is 6.18. The van der Waals surface area contributed by atoms with E-state index >= 15 is 0 Å². The number of nitriles is 1. The molecule has 34 heavy (non-hydrogen) atoms.